The smallest absolute Gasteiger partial charge is 0.287 e. The normalized spacial score (nSPS) is 12.5. The lowest BCUT2D eigenvalue weighted by Gasteiger charge is -2.08. The molecule has 0 saturated heterocycles. The second kappa shape index (κ2) is 3.92. The molecule has 12 heavy (non-hydrogen) atoms. The van der Waals surface area contributed by atoms with Gasteiger partial charge in [0.05, 0.1) is 6.26 Å². The van der Waals surface area contributed by atoms with Crippen molar-refractivity contribution in [3.63, 3.8) is 0 Å². The molecule has 1 aromatic heterocycles. The van der Waals surface area contributed by atoms with Crippen LogP contribution in [0, 0.1) is 0 Å². The first-order valence-corrected chi connectivity index (χ1v) is 3.78. The van der Waals surface area contributed by atoms with E-state index in [-0.39, 0.29) is 11.9 Å². The SMILES string of the molecule is C[C@H](CN)NC(=O)c1ccco1. The number of hydrogen-bond donors (Lipinski definition) is 2. The van der Waals surface area contributed by atoms with Gasteiger partial charge in [0, 0.05) is 12.6 Å². The molecular formula is C8H12N2O2. The standard InChI is InChI=1S/C8H12N2O2/c1-6(5-9)10-8(11)7-3-2-4-12-7/h2-4,6H,5,9H2,1H3,(H,10,11)/t6-/m1/s1. The van der Waals surface area contributed by atoms with Crippen LogP contribution in [0.25, 0.3) is 0 Å². The Morgan fingerprint density at radius 2 is 2.58 bits per heavy atom. The van der Waals surface area contributed by atoms with Crippen molar-refractivity contribution in [1.82, 2.24) is 5.32 Å². The molecular weight excluding hydrogens is 156 g/mol. The van der Waals surface area contributed by atoms with Crippen LogP contribution >= 0.6 is 0 Å². The van der Waals surface area contributed by atoms with Crippen LogP contribution in [0.2, 0.25) is 0 Å². The summed E-state index contributed by atoms with van der Waals surface area (Å²) < 4.78 is 4.89. The predicted molar refractivity (Wildman–Crippen MR) is 44.7 cm³/mol. The van der Waals surface area contributed by atoms with Crippen LogP contribution in [0.4, 0.5) is 0 Å². The van der Waals surface area contributed by atoms with Crippen LogP contribution in [-0.4, -0.2) is 18.5 Å². The lowest BCUT2D eigenvalue weighted by atomic mass is 10.3. The van der Waals surface area contributed by atoms with E-state index in [1.807, 2.05) is 6.92 Å². The Labute approximate surface area is 70.7 Å². The third-order valence-corrected chi connectivity index (χ3v) is 1.48. The van der Waals surface area contributed by atoms with Crippen molar-refractivity contribution in [3.8, 4) is 0 Å². The first-order chi connectivity index (χ1) is 5.74. The number of nitrogens with one attached hydrogen (secondary N) is 1. The van der Waals surface area contributed by atoms with Gasteiger partial charge in [-0.25, -0.2) is 0 Å². The Hall–Kier alpha value is -1.29. The van der Waals surface area contributed by atoms with Crippen molar-refractivity contribution in [2.45, 2.75) is 13.0 Å². The first kappa shape index (κ1) is 8.80. The molecule has 0 radical (unpaired) electrons. The highest BCUT2D eigenvalue weighted by molar-refractivity contribution is 5.91. The summed E-state index contributed by atoms with van der Waals surface area (Å²) in [6.45, 7) is 2.26. The molecule has 0 fully saturated rings. The summed E-state index contributed by atoms with van der Waals surface area (Å²) >= 11 is 0. The largest absolute Gasteiger partial charge is 0.459 e. The second-order valence-corrected chi connectivity index (χ2v) is 2.59. The zero-order chi connectivity index (χ0) is 8.97. The minimum Gasteiger partial charge on any atom is -0.459 e. The second-order valence-electron chi connectivity index (χ2n) is 2.59. The van der Waals surface area contributed by atoms with Crippen molar-refractivity contribution < 1.29 is 9.21 Å². The molecule has 4 nitrogen and oxygen atoms in total. The van der Waals surface area contributed by atoms with E-state index < -0.39 is 0 Å². The molecule has 0 bridgehead atoms. The molecule has 1 rings (SSSR count). The molecule has 66 valence electrons. The zero-order valence-corrected chi connectivity index (χ0v) is 6.91. The van der Waals surface area contributed by atoms with Gasteiger partial charge in [-0.05, 0) is 19.1 Å². The molecule has 0 aliphatic carbocycles. The van der Waals surface area contributed by atoms with Gasteiger partial charge in [-0.2, -0.15) is 0 Å². The number of carbonyl (C=O) groups is 1. The molecule has 0 spiro atoms. The van der Waals surface area contributed by atoms with Crippen LogP contribution in [-0.2, 0) is 0 Å². The van der Waals surface area contributed by atoms with E-state index in [2.05, 4.69) is 5.32 Å². The van der Waals surface area contributed by atoms with Crippen molar-refractivity contribution in [1.29, 1.82) is 0 Å². The molecule has 1 heterocycles. The fourth-order valence-electron chi connectivity index (χ4n) is 0.762. The lowest BCUT2D eigenvalue weighted by molar-refractivity contribution is 0.0913. The maximum Gasteiger partial charge on any atom is 0.287 e. The van der Waals surface area contributed by atoms with Crippen molar-refractivity contribution in [3.05, 3.63) is 24.2 Å². The van der Waals surface area contributed by atoms with Crippen LogP contribution in [0.3, 0.4) is 0 Å². The monoisotopic (exact) mass is 168 g/mol. The van der Waals surface area contributed by atoms with Gasteiger partial charge >= 0.3 is 0 Å². The van der Waals surface area contributed by atoms with E-state index in [4.69, 9.17) is 10.2 Å². The first-order valence-electron chi connectivity index (χ1n) is 3.78. The van der Waals surface area contributed by atoms with E-state index in [0.717, 1.165) is 0 Å². The molecule has 0 unspecified atom stereocenters. The van der Waals surface area contributed by atoms with E-state index in [9.17, 15) is 4.79 Å². The van der Waals surface area contributed by atoms with Gasteiger partial charge in [-0.15, -0.1) is 0 Å². The Balaban J connectivity index is 2.50. The number of furan rings is 1. The molecule has 1 aromatic rings. The average Bonchev–Trinajstić information content (AvgIpc) is 2.56. The summed E-state index contributed by atoms with van der Waals surface area (Å²) in [6.07, 6.45) is 1.46. The predicted octanol–water partition coefficient (Wildman–Crippen LogP) is 0.357. The van der Waals surface area contributed by atoms with Crippen LogP contribution in [0.5, 0.6) is 0 Å². The molecule has 4 heteroatoms. The lowest BCUT2D eigenvalue weighted by Crippen LogP contribution is -2.37. The maximum absolute atomic E-state index is 11.2. The minimum absolute atomic E-state index is 0.0254. The van der Waals surface area contributed by atoms with E-state index in [0.29, 0.717) is 12.3 Å². The Bertz CT molecular complexity index is 244. The van der Waals surface area contributed by atoms with Crippen molar-refractivity contribution in [2.24, 2.45) is 5.73 Å². The number of carbonyl (C=O) groups excluding carboxylic acids is 1. The summed E-state index contributed by atoms with van der Waals surface area (Å²) in [4.78, 5) is 11.2. The van der Waals surface area contributed by atoms with Crippen LogP contribution in [0.15, 0.2) is 22.8 Å². The number of rotatable bonds is 3. The van der Waals surface area contributed by atoms with Gasteiger partial charge in [0.15, 0.2) is 5.76 Å². The number of nitrogens with two attached hydrogens (primary N) is 1. The summed E-state index contributed by atoms with van der Waals surface area (Å²) in [5, 5.41) is 2.67. The third kappa shape index (κ3) is 2.10. The topological polar surface area (TPSA) is 68.3 Å². The number of hydrogen-bond acceptors (Lipinski definition) is 3. The fourth-order valence-corrected chi connectivity index (χ4v) is 0.762. The van der Waals surface area contributed by atoms with Crippen LogP contribution < -0.4 is 11.1 Å². The highest BCUT2D eigenvalue weighted by Gasteiger charge is 2.09. The highest BCUT2D eigenvalue weighted by Crippen LogP contribution is 1.99. The summed E-state index contributed by atoms with van der Waals surface area (Å²) in [5.41, 5.74) is 5.33. The molecule has 0 aliphatic rings. The fraction of sp³-hybridized carbons (Fsp3) is 0.375. The summed E-state index contributed by atoms with van der Waals surface area (Å²) in [7, 11) is 0. The summed E-state index contributed by atoms with van der Waals surface area (Å²) in [6, 6.07) is 3.25. The highest BCUT2D eigenvalue weighted by atomic mass is 16.3. The maximum atomic E-state index is 11.2. The quantitative estimate of drug-likeness (QED) is 0.684. The van der Waals surface area contributed by atoms with Gasteiger partial charge < -0.3 is 15.5 Å². The summed E-state index contributed by atoms with van der Waals surface area (Å²) in [5.74, 6) is 0.0910. The third-order valence-electron chi connectivity index (χ3n) is 1.48. The van der Waals surface area contributed by atoms with E-state index >= 15 is 0 Å². The Morgan fingerprint density at radius 3 is 3.08 bits per heavy atom. The van der Waals surface area contributed by atoms with Gasteiger partial charge in [-0.3, -0.25) is 4.79 Å². The van der Waals surface area contributed by atoms with Gasteiger partial charge in [0.2, 0.25) is 0 Å². The molecule has 0 aliphatic heterocycles. The molecule has 1 atom stereocenters. The van der Waals surface area contributed by atoms with Gasteiger partial charge in [-0.1, -0.05) is 0 Å². The van der Waals surface area contributed by atoms with Crippen LogP contribution in [0.1, 0.15) is 17.5 Å². The Morgan fingerprint density at radius 1 is 1.83 bits per heavy atom. The van der Waals surface area contributed by atoms with E-state index in [1.54, 1.807) is 12.1 Å². The van der Waals surface area contributed by atoms with Crippen molar-refractivity contribution in [2.75, 3.05) is 6.54 Å². The average molecular weight is 168 g/mol. The molecule has 0 aromatic carbocycles. The van der Waals surface area contributed by atoms with Crippen molar-refractivity contribution >= 4 is 5.91 Å². The number of amides is 1. The molecule has 0 saturated carbocycles. The molecule has 1 amide bonds. The Kier molecular flexibility index (Phi) is 2.88. The molecule has 3 N–H and O–H groups in total. The minimum atomic E-state index is -0.224. The zero-order valence-electron chi connectivity index (χ0n) is 6.91. The van der Waals surface area contributed by atoms with Gasteiger partial charge in [0.25, 0.3) is 5.91 Å². The van der Waals surface area contributed by atoms with Gasteiger partial charge in [0.1, 0.15) is 0 Å². The van der Waals surface area contributed by atoms with E-state index in [1.165, 1.54) is 6.26 Å².